The molecule has 0 heterocycles. The van der Waals surface area contributed by atoms with Crippen LogP contribution in [0.15, 0.2) is 36.4 Å². The number of carbonyl (C=O) groups is 2. The summed E-state index contributed by atoms with van der Waals surface area (Å²) in [5.41, 5.74) is 0.0245. The highest BCUT2D eigenvalue weighted by molar-refractivity contribution is 5.91. The van der Waals surface area contributed by atoms with Crippen molar-refractivity contribution in [3.8, 4) is 5.75 Å². The van der Waals surface area contributed by atoms with Gasteiger partial charge in [-0.15, -0.1) is 0 Å². The van der Waals surface area contributed by atoms with Crippen LogP contribution in [0.4, 0.5) is 0 Å². The lowest BCUT2D eigenvalue weighted by Crippen LogP contribution is -2.10. The van der Waals surface area contributed by atoms with Gasteiger partial charge in [0.15, 0.2) is 0 Å². The van der Waals surface area contributed by atoms with Crippen LogP contribution >= 0.6 is 0 Å². The van der Waals surface area contributed by atoms with Crippen LogP contribution in [0, 0.1) is 0 Å². The minimum Gasteiger partial charge on any atom is -0.478 e. The fourth-order valence-corrected chi connectivity index (χ4v) is 4.31. The first kappa shape index (κ1) is 30.9. The molecule has 0 fully saturated rings. The van der Waals surface area contributed by atoms with Crippen LogP contribution in [-0.4, -0.2) is 17.0 Å². The number of rotatable bonds is 23. The van der Waals surface area contributed by atoms with Gasteiger partial charge in [0.1, 0.15) is 11.3 Å². The van der Waals surface area contributed by atoms with Crippen LogP contribution in [0.3, 0.4) is 0 Å². The standard InChI is InChI=1S/C31H50O4/c1-2-3-4-5-6-7-8-9-10-11-12-13-14-15-16-17-18-19-20-21-22-27-30(32)35-29-26-24-23-25-28(29)31(33)34/h9-10,23-26H,2-8,11-22,27H2,1H3,(H,33,34)/b10-9+. The Morgan fingerprint density at radius 3 is 1.66 bits per heavy atom. The van der Waals surface area contributed by atoms with Crippen LogP contribution in [0.25, 0.3) is 0 Å². The molecule has 0 aliphatic heterocycles. The smallest absolute Gasteiger partial charge is 0.339 e. The summed E-state index contributed by atoms with van der Waals surface area (Å²) >= 11 is 0. The molecule has 1 aromatic rings. The molecule has 0 aliphatic carbocycles. The molecule has 4 heteroatoms. The van der Waals surface area contributed by atoms with Crippen LogP contribution in [0.5, 0.6) is 5.75 Å². The van der Waals surface area contributed by atoms with Gasteiger partial charge in [0.2, 0.25) is 0 Å². The van der Waals surface area contributed by atoms with E-state index in [-0.39, 0.29) is 17.3 Å². The van der Waals surface area contributed by atoms with E-state index in [1.54, 1.807) is 12.1 Å². The quantitative estimate of drug-likeness (QED) is 0.0723. The lowest BCUT2D eigenvalue weighted by molar-refractivity contribution is -0.134. The Morgan fingerprint density at radius 1 is 0.686 bits per heavy atom. The molecule has 0 saturated heterocycles. The summed E-state index contributed by atoms with van der Waals surface area (Å²) in [7, 11) is 0. The second kappa shape index (κ2) is 22.4. The number of unbranched alkanes of at least 4 members (excludes halogenated alkanes) is 17. The lowest BCUT2D eigenvalue weighted by Gasteiger charge is -2.07. The zero-order valence-electron chi connectivity index (χ0n) is 22.3. The molecule has 0 atom stereocenters. The topological polar surface area (TPSA) is 63.6 Å². The molecule has 198 valence electrons. The summed E-state index contributed by atoms with van der Waals surface area (Å²) in [5.74, 6) is -1.31. The van der Waals surface area contributed by atoms with E-state index in [4.69, 9.17) is 9.84 Å². The molecule has 1 N–H and O–H groups in total. The summed E-state index contributed by atoms with van der Waals surface area (Å²) in [6.45, 7) is 2.27. The van der Waals surface area contributed by atoms with E-state index in [2.05, 4.69) is 19.1 Å². The molecule has 0 amide bonds. The molecule has 35 heavy (non-hydrogen) atoms. The van der Waals surface area contributed by atoms with Crippen LogP contribution < -0.4 is 4.74 Å². The van der Waals surface area contributed by atoms with Gasteiger partial charge in [-0.3, -0.25) is 4.79 Å². The van der Waals surface area contributed by atoms with Crippen molar-refractivity contribution in [3.63, 3.8) is 0 Å². The van der Waals surface area contributed by atoms with Gasteiger partial charge in [0.05, 0.1) is 0 Å². The van der Waals surface area contributed by atoms with Crippen molar-refractivity contribution in [1.29, 1.82) is 0 Å². The number of allylic oxidation sites excluding steroid dienone is 2. The number of carboxylic acid groups (broad SMARTS) is 1. The summed E-state index contributed by atoms with van der Waals surface area (Å²) < 4.78 is 5.23. The summed E-state index contributed by atoms with van der Waals surface area (Å²) in [5, 5.41) is 9.14. The summed E-state index contributed by atoms with van der Waals surface area (Å²) in [6, 6.07) is 6.26. The maximum Gasteiger partial charge on any atom is 0.339 e. The first-order valence-corrected chi connectivity index (χ1v) is 14.3. The van der Waals surface area contributed by atoms with Crippen molar-refractivity contribution < 1.29 is 19.4 Å². The predicted octanol–water partition coefficient (Wildman–Crippen LogP) is 9.67. The second-order valence-electron chi connectivity index (χ2n) is 9.73. The molecule has 0 bridgehead atoms. The molecule has 0 unspecified atom stereocenters. The van der Waals surface area contributed by atoms with Crippen molar-refractivity contribution in [2.45, 2.75) is 135 Å². The maximum absolute atomic E-state index is 12.0. The molecule has 0 spiro atoms. The molecule has 0 saturated carbocycles. The maximum atomic E-state index is 12.0. The highest BCUT2D eigenvalue weighted by atomic mass is 16.5. The van der Waals surface area contributed by atoms with E-state index >= 15 is 0 Å². The molecule has 1 aromatic carbocycles. The highest BCUT2D eigenvalue weighted by Gasteiger charge is 2.13. The zero-order valence-corrected chi connectivity index (χ0v) is 22.3. The van der Waals surface area contributed by atoms with Gasteiger partial charge < -0.3 is 9.84 Å². The Kier molecular flexibility index (Phi) is 19.8. The van der Waals surface area contributed by atoms with Crippen LogP contribution in [0.1, 0.15) is 146 Å². The van der Waals surface area contributed by atoms with Gasteiger partial charge in [0, 0.05) is 6.42 Å². The second-order valence-corrected chi connectivity index (χ2v) is 9.73. The first-order chi connectivity index (χ1) is 17.1. The molecule has 4 nitrogen and oxygen atoms in total. The molecule has 1 rings (SSSR count). The minimum atomic E-state index is -1.08. The zero-order chi connectivity index (χ0) is 25.4. The van der Waals surface area contributed by atoms with E-state index in [1.165, 1.54) is 115 Å². The third-order valence-electron chi connectivity index (χ3n) is 6.48. The highest BCUT2D eigenvalue weighted by Crippen LogP contribution is 2.19. The monoisotopic (exact) mass is 486 g/mol. The van der Waals surface area contributed by atoms with Gasteiger partial charge in [-0.2, -0.15) is 0 Å². The van der Waals surface area contributed by atoms with Crippen molar-refractivity contribution >= 4 is 11.9 Å². The molecular formula is C31H50O4. The first-order valence-electron chi connectivity index (χ1n) is 14.3. The van der Waals surface area contributed by atoms with Crippen molar-refractivity contribution in [3.05, 3.63) is 42.0 Å². The Labute approximate surface area is 214 Å². The van der Waals surface area contributed by atoms with Crippen LogP contribution in [-0.2, 0) is 4.79 Å². The number of carboxylic acids is 1. The van der Waals surface area contributed by atoms with Gasteiger partial charge in [-0.1, -0.05) is 121 Å². The fourth-order valence-electron chi connectivity index (χ4n) is 4.31. The summed E-state index contributed by atoms with van der Waals surface area (Å²) in [4.78, 5) is 23.1. The van der Waals surface area contributed by atoms with E-state index in [0.29, 0.717) is 6.42 Å². The average Bonchev–Trinajstić information content (AvgIpc) is 2.85. The van der Waals surface area contributed by atoms with Gasteiger partial charge in [0.25, 0.3) is 0 Å². The number of ether oxygens (including phenoxy) is 1. The van der Waals surface area contributed by atoms with Crippen LogP contribution in [0.2, 0.25) is 0 Å². The number of benzene rings is 1. The third kappa shape index (κ3) is 17.9. The number of aromatic carboxylic acids is 1. The number of hydrogen-bond acceptors (Lipinski definition) is 3. The van der Waals surface area contributed by atoms with E-state index in [1.807, 2.05) is 0 Å². The SMILES string of the molecule is CCCCCCCC/C=C/CCCCCCCCCCCCCC(=O)Oc1ccccc1C(=O)O. The normalized spacial score (nSPS) is 11.2. The van der Waals surface area contributed by atoms with E-state index in [9.17, 15) is 9.59 Å². The molecule has 0 aliphatic rings. The predicted molar refractivity (Wildman–Crippen MR) is 146 cm³/mol. The largest absolute Gasteiger partial charge is 0.478 e. The average molecular weight is 487 g/mol. The Balaban J connectivity index is 1.84. The fraction of sp³-hybridized carbons (Fsp3) is 0.677. The van der Waals surface area contributed by atoms with Gasteiger partial charge in [-0.05, 0) is 44.2 Å². The molecule has 0 aromatic heterocycles. The lowest BCUT2D eigenvalue weighted by atomic mass is 10.0. The molecular weight excluding hydrogens is 436 g/mol. The number of para-hydroxylation sites is 1. The van der Waals surface area contributed by atoms with E-state index in [0.717, 1.165) is 19.3 Å². The number of esters is 1. The number of hydrogen-bond donors (Lipinski definition) is 1. The van der Waals surface area contributed by atoms with Crippen molar-refractivity contribution in [2.75, 3.05) is 0 Å². The van der Waals surface area contributed by atoms with Crippen molar-refractivity contribution in [1.82, 2.24) is 0 Å². The van der Waals surface area contributed by atoms with Gasteiger partial charge >= 0.3 is 11.9 Å². The Morgan fingerprint density at radius 2 is 1.14 bits per heavy atom. The molecule has 0 radical (unpaired) electrons. The Bertz CT molecular complexity index is 695. The third-order valence-corrected chi connectivity index (χ3v) is 6.48. The summed E-state index contributed by atoms with van der Waals surface area (Å²) in [6.07, 6.45) is 29.4. The number of carbonyl (C=O) groups excluding carboxylic acids is 1. The Hall–Kier alpha value is -2.10. The van der Waals surface area contributed by atoms with E-state index < -0.39 is 5.97 Å². The van der Waals surface area contributed by atoms with Crippen molar-refractivity contribution in [2.24, 2.45) is 0 Å². The van der Waals surface area contributed by atoms with Gasteiger partial charge in [-0.25, -0.2) is 4.79 Å². The minimum absolute atomic E-state index is 0.0245.